The molecule has 0 spiro atoms. The van der Waals surface area contributed by atoms with Crippen molar-refractivity contribution in [1.82, 2.24) is 4.98 Å². The van der Waals surface area contributed by atoms with E-state index < -0.39 is 5.97 Å². The fraction of sp³-hybridized carbons (Fsp3) is 0.261. The second kappa shape index (κ2) is 10.3. The molecule has 0 aliphatic heterocycles. The minimum atomic E-state index is -0.614. The van der Waals surface area contributed by atoms with Crippen LogP contribution in [0.25, 0.3) is 11.3 Å². The average Bonchev–Trinajstić information content (AvgIpc) is 3.31. The lowest BCUT2D eigenvalue weighted by Gasteiger charge is -2.14. The molecule has 0 fully saturated rings. The molecule has 0 saturated heterocycles. The maximum Gasteiger partial charge on any atom is 0.340 e. The summed E-state index contributed by atoms with van der Waals surface area (Å²) in [5, 5.41) is 2.71. The molecular formula is C23H24N2O7. The Balaban J connectivity index is 1.70. The third kappa shape index (κ3) is 5.18. The Hall–Kier alpha value is -4.01. The second-order valence-corrected chi connectivity index (χ2v) is 6.64. The van der Waals surface area contributed by atoms with E-state index in [-0.39, 0.29) is 30.0 Å². The van der Waals surface area contributed by atoms with Crippen LogP contribution in [-0.4, -0.2) is 45.3 Å². The van der Waals surface area contributed by atoms with E-state index >= 15 is 0 Å². The van der Waals surface area contributed by atoms with Crippen LogP contribution in [-0.2, 0) is 16.0 Å². The summed E-state index contributed by atoms with van der Waals surface area (Å²) in [5.74, 6) is 1.46. The molecule has 0 aliphatic rings. The Kier molecular flexibility index (Phi) is 7.33. The maximum atomic E-state index is 12.5. The molecular weight excluding hydrogens is 416 g/mol. The summed E-state index contributed by atoms with van der Waals surface area (Å²) in [5.41, 5.74) is 1.22. The van der Waals surface area contributed by atoms with Crippen molar-refractivity contribution in [2.45, 2.75) is 12.8 Å². The van der Waals surface area contributed by atoms with E-state index in [0.717, 1.165) is 5.56 Å². The molecule has 0 radical (unpaired) electrons. The van der Waals surface area contributed by atoms with E-state index in [4.69, 9.17) is 23.4 Å². The van der Waals surface area contributed by atoms with Crippen molar-refractivity contribution in [2.24, 2.45) is 0 Å². The number of hydrogen-bond donors (Lipinski definition) is 1. The van der Waals surface area contributed by atoms with Gasteiger partial charge in [0.25, 0.3) is 0 Å². The van der Waals surface area contributed by atoms with Crippen molar-refractivity contribution in [1.29, 1.82) is 0 Å². The van der Waals surface area contributed by atoms with Crippen LogP contribution in [0.4, 0.5) is 5.69 Å². The highest BCUT2D eigenvalue weighted by atomic mass is 16.5. The number of rotatable bonds is 9. The molecule has 0 bridgehead atoms. The van der Waals surface area contributed by atoms with Gasteiger partial charge in [-0.15, -0.1) is 0 Å². The molecule has 1 N–H and O–H groups in total. The van der Waals surface area contributed by atoms with Crippen LogP contribution in [0, 0.1) is 0 Å². The molecule has 0 atom stereocenters. The number of oxazole rings is 1. The topological polar surface area (TPSA) is 109 Å². The Morgan fingerprint density at radius 3 is 2.44 bits per heavy atom. The molecule has 9 nitrogen and oxygen atoms in total. The quantitative estimate of drug-likeness (QED) is 0.502. The summed E-state index contributed by atoms with van der Waals surface area (Å²) in [4.78, 5) is 28.9. The predicted octanol–water partition coefficient (Wildman–Crippen LogP) is 3.73. The first-order valence-electron chi connectivity index (χ1n) is 9.72. The zero-order valence-corrected chi connectivity index (χ0v) is 18.3. The number of esters is 1. The van der Waals surface area contributed by atoms with Gasteiger partial charge in [0.05, 0.1) is 45.9 Å². The zero-order chi connectivity index (χ0) is 23.1. The molecule has 1 heterocycles. The lowest BCUT2D eigenvalue weighted by Crippen LogP contribution is -2.16. The molecule has 0 unspecified atom stereocenters. The Morgan fingerprint density at radius 1 is 1.00 bits per heavy atom. The van der Waals surface area contributed by atoms with Crippen molar-refractivity contribution in [3.05, 3.63) is 54.0 Å². The molecule has 9 heteroatoms. The van der Waals surface area contributed by atoms with Gasteiger partial charge in [-0.2, -0.15) is 0 Å². The summed E-state index contributed by atoms with van der Waals surface area (Å²) in [6.45, 7) is 0. The van der Waals surface area contributed by atoms with Crippen LogP contribution in [0.1, 0.15) is 22.7 Å². The highest BCUT2D eigenvalue weighted by molar-refractivity contribution is 6.02. The Morgan fingerprint density at radius 2 is 1.75 bits per heavy atom. The van der Waals surface area contributed by atoms with Crippen LogP contribution in [0.5, 0.6) is 17.2 Å². The summed E-state index contributed by atoms with van der Waals surface area (Å²) in [7, 11) is 5.76. The molecule has 168 valence electrons. The molecule has 3 rings (SSSR count). The summed E-state index contributed by atoms with van der Waals surface area (Å²) in [6.07, 6.45) is 1.97. The number of aryl methyl sites for hydroxylation is 1. The second-order valence-electron chi connectivity index (χ2n) is 6.64. The van der Waals surface area contributed by atoms with Gasteiger partial charge in [-0.25, -0.2) is 9.78 Å². The van der Waals surface area contributed by atoms with E-state index in [2.05, 4.69) is 10.3 Å². The normalized spacial score (nSPS) is 10.4. The number of anilines is 1. The lowest BCUT2D eigenvalue weighted by molar-refractivity contribution is -0.116. The van der Waals surface area contributed by atoms with Crippen molar-refractivity contribution in [2.75, 3.05) is 33.8 Å². The van der Waals surface area contributed by atoms with Gasteiger partial charge in [-0.1, -0.05) is 12.1 Å². The Bertz CT molecular complexity index is 1110. The minimum Gasteiger partial charge on any atom is -0.497 e. The van der Waals surface area contributed by atoms with Gasteiger partial charge in [-0.3, -0.25) is 4.79 Å². The number of nitrogens with zero attached hydrogens (tertiary/aromatic N) is 1. The number of ether oxygens (including phenoxy) is 4. The lowest BCUT2D eigenvalue weighted by atomic mass is 10.1. The van der Waals surface area contributed by atoms with E-state index in [0.29, 0.717) is 28.9 Å². The van der Waals surface area contributed by atoms with Crippen LogP contribution in [0.3, 0.4) is 0 Å². The maximum absolute atomic E-state index is 12.5. The fourth-order valence-electron chi connectivity index (χ4n) is 3.03. The van der Waals surface area contributed by atoms with Crippen LogP contribution in [0.2, 0.25) is 0 Å². The number of nitrogens with one attached hydrogen (secondary N) is 1. The summed E-state index contributed by atoms with van der Waals surface area (Å²) in [6, 6.07) is 10.4. The third-order valence-corrected chi connectivity index (χ3v) is 4.68. The van der Waals surface area contributed by atoms with Gasteiger partial charge < -0.3 is 28.7 Å². The summed E-state index contributed by atoms with van der Waals surface area (Å²) < 4.78 is 26.3. The van der Waals surface area contributed by atoms with E-state index in [9.17, 15) is 9.59 Å². The minimum absolute atomic E-state index is 0.0903. The van der Waals surface area contributed by atoms with Crippen molar-refractivity contribution in [3.63, 3.8) is 0 Å². The van der Waals surface area contributed by atoms with Crippen LogP contribution in [0.15, 0.2) is 47.0 Å². The largest absolute Gasteiger partial charge is 0.497 e. The number of carbonyl (C=O) groups excluding carboxylic acids is 2. The number of hydrogen-bond acceptors (Lipinski definition) is 8. The van der Waals surface area contributed by atoms with E-state index in [1.807, 2.05) is 24.3 Å². The summed E-state index contributed by atoms with van der Waals surface area (Å²) >= 11 is 0. The highest BCUT2D eigenvalue weighted by Crippen LogP contribution is 2.34. The van der Waals surface area contributed by atoms with Gasteiger partial charge in [0, 0.05) is 30.5 Å². The SMILES string of the molecule is COC(=O)c1cc(OC)c(OC)cc1NC(=O)CCc1ncc(-c2cccc(OC)c2)o1. The molecule has 3 aromatic rings. The average molecular weight is 440 g/mol. The fourth-order valence-corrected chi connectivity index (χ4v) is 3.03. The highest BCUT2D eigenvalue weighted by Gasteiger charge is 2.19. The van der Waals surface area contributed by atoms with Crippen LogP contribution >= 0.6 is 0 Å². The zero-order valence-electron chi connectivity index (χ0n) is 18.3. The van der Waals surface area contributed by atoms with Gasteiger partial charge in [0.2, 0.25) is 5.91 Å². The van der Waals surface area contributed by atoms with Crippen molar-refractivity contribution >= 4 is 17.6 Å². The van der Waals surface area contributed by atoms with Crippen LogP contribution < -0.4 is 19.5 Å². The molecule has 1 aromatic heterocycles. The third-order valence-electron chi connectivity index (χ3n) is 4.68. The van der Waals surface area contributed by atoms with E-state index in [1.54, 1.807) is 13.3 Å². The van der Waals surface area contributed by atoms with E-state index in [1.165, 1.54) is 33.5 Å². The number of aromatic nitrogens is 1. The smallest absolute Gasteiger partial charge is 0.340 e. The number of methoxy groups -OCH3 is 4. The first kappa shape index (κ1) is 22.7. The molecule has 32 heavy (non-hydrogen) atoms. The monoisotopic (exact) mass is 440 g/mol. The number of carbonyl (C=O) groups is 2. The van der Waals surface area contributed by atoms with Crippen molar-refractivity contribution < 1.29 is 33.0 Å². The molecule has 1 amide bonds. The van der Waals surface area contributed by atoms with Gasteiger partial charge in [0.1, 0.15) is 5.75 Å². The standard InChI is InChI=1S/C23H24N2O7/c1-28-15-7-5-6-14(10-15)20-13-24-22(32-20)9-8-21(26)25-17-12-19(30-3)18(29-2)11-16(17)23(27)31-4/h5-7,10-13H,8-9H2,1-4H3,(H,25,26). The first-order valence-corrected chi connectivity index (χ1v) is 9.72. The first-order chi connectivity index (χ1) is 15.5. The molecule has 0 saturated carbocycles. The predicted molar refractivity (Wildman–Crippen MR) is 116 cm³/mol. The van der Waals surface area contributed by atoms with Gasteiger partial charge >= 0.3 is 5.97 Å². The molecule has 2 aromatic carbocycles. The number of benzene rings is 2. The van der Waals surface area contributed by atoms with Gasteiger partial charge in [0.15, 0.2) is 23.1 Å². The van der Waals surface area contributed by atoms with Crippen molar-refractivity contribution in [3.8, 4) is 28.6 Å². The molecule has 0 aliphatic carbocycles. The Labute approximate surface area is 185 Å². The van der Waals surface area contributed by atoms with Gasteiger partial charge in [-0.05, 0) is 12.1 Å². The number of amides is 1.